The second kappa shape index (κ2) is 6.42. The van der Waals surface area contributed by atoms with E-state index >= 15 is 0 Å². The zero-order valence-electron chi connectivity index (χ0n) is 11.7. The lowest BCUT2D eigenvalue weighted by Crippen LogP contribution is -2.47. The first kappa shape index (κ1) is 15.7. The minimum Gasteiger partial charge on any atom is -0.464 e. The van der Waals surface area contributed by atoms with Gasteiger partial charge in [-0.2, -0.15) is 8.42 Å². The monoisotopic (exact) mass is 314 g/mol. The first-order valence-corrected chi connectivity index (χ1v) is 8.02. The highest BCUT2D eigenvalue weighted by molar-refractivity contribution is 7.86. The number of benzene rings is 1. The second-order valence-corrected chi connectivity index (χ2v) is 6.54. The summed E-state index contributed by atoms with van der Waals surface area (Å²) in [4.78, 5) is 10.6. The smallest absolute Gasteiger partial charge is 0.419 e. The number of nitrogens with zero attached hydrogens (tertiary/aromatic N) is 1. The van der Waals surface area contributed by atoms with Crippen LogP contribution in [-0.2, 0) is 14.3 Å². The van der Waals surface area contributed by atoms with Gasteiger partial charge >= 0.3 is 6.09 Å². The number of hydrogen-bond donors (Lipinski definition) is 2. The molecule has 1 saturated heterocycles. The SMILES string of the molecule is Cc1ccc(S(=O)(=O)OC2CCN(NC(=O)O)CC2)cc1. The molecule has 1 aliphatic rings. The van der Waals surface area contributed by atoms with Crippen LogP contribution in [0.1, 0.15) is 18.4 Å². The lowest BCUT2D eigenvalue weighted by molar-refractivity contribution is 0.0709. The molecular weight excluding hydrogens is 296 g/mol. The molecule has 1 aromatic rings. The van der Waals surface area contributed by atoms with Crippen molar-refractivity contribution in [2.24, 2.45) is 0 Å². The highest BCUT2D eigenvalue weighted by Gasteiger charge is 2.26. The molecule has 0 aliphatic carbocycles. The van der Waals surface area contributed by atoms with Crippen molar-refractivity contribution < 1.29 is 22.5 Å². The highest BCUT2D eigenvalue weighted by atomic mass is 32.2. The summed E-state index contributed by atoms with van der Waals surface area (Å²) >= 11 is 0. The standard InChI is InChI=1S/C13H18N2O5S/c1-10-2-4-12(5-3-10)21(18,19)20-11-6-8-15(9-7-11)14-13(16)17/h2-5,11,14H,6-9H2,1H3,(H,16,17). The Morgan fingerprint density at radius 3 is 2.38 bits per heavy atom. The first-order valence-electron chi connectivity index (χ1n) is 6.61. The molecule has 1 fully saturated rings. The Balaban J connectivity index is 1.93. The molecule has 2 N–H and O–H groups in total. The van der Waals surface area contributed by atoms with Crippen LogP contribution < -0.4 is 5.43 Å². The van der Waals surface area contributed by atoms with Crippen molar-refractivity contribution in [3.05, 3.63) is 29.8 Å². The fourth-order valence-electron chi connectivity index (χ4n) is 2.14. The van der Waals surface area contributed by atoms with E-state index in [0.717, 1.165) is 5.56 Å². The van der Waals surface area contributed by atoms with E-state index in [-0.39, 0.29) is 4.90 Å². The lowest BCUT2D eigenvalue weighted by Gasteiger charge is -2.30. The highest BCUT2D eigenvalue weighted by Crippen LogP contribution is 2.20. The molecule has 21 heavy (non-hydrogen) atoms. The molecule has 0 unspecified atom stereocenters. The van der Waals surface area contributed by atoms with Crippen LogP contribution in [0, 0.1) is 6.92 Å². The van der Waals surface area contributed by atoms with Crippen molar-refractivity contribution in [3.8, 4) is 0 Å². The van der Waals surface area contributed by atoms with Gasteiger partial charge in [0, 0.05) is 13.1 Å². The number of amides is 1. The molecule has 2 rings (SSSR count). The van der Waals surface area contributed by atoms with Gasteiger partial charge in [-0.15, -0.1) is 0 Å². The van der Waals surface area contributed by atoms with Gasteiger partial charge in [0.15, 0.2) is 0 Å². The lowest BCUT2D eigenvalue weighted by atomic mass is 10.1. The van der Waals surface area contributed by atoms with Gasteiger partial charge in [0.25, 0.3) is 10.1 Å². The maximum absolute atomic E-state index is 12.1. The predicted octanol–water partition coefficient (Wildman–Crippen LogP) is 1.35. The number of carbonyl (C=O) groups is 1. The minimum absolute atomic E-state index is 0.138. The number of hydrazine groups is 1. The van der Waals surface area contributed by atoms with E-state index in [0.29, 0.717) is 25.9 Å². The molecule has 1 aliphatic heterocycles. The van der Waals surface area contributed by atoms with E-state index in [2.05, 4.69) is 5.43 Å². The fraction of sp³-hybridized carbons (Fsp3) is 0.462. The summed E-state index contributed by atoms with van der Waals surface area (Å²) in [6.07, 6.45) is -0.652. The molecular formula is C13H18N2O5S. The molecule has 0 aromatic heterocycles. The van der Waals surface area contributed by atoms with Crippen molar-refractivity contribution in [2.45, 2.75) is 30.8 Å². The van der Waals surface area contributed by atoms with Crippen molar-refractivity contribution in [3.63, 3.8) is 0 Å². The Kier molecular flexibility index (Phi) is 4.81. The topological polar surface area (TPSA) is 95.9 Å². The molecule has 8 heteroatoms. The largest absolute Gasteiger partial charge is 0.464 e. The van der Waals surface area contributed by atoms with Crippen LogP contribution in [0.2, 0.25) is 0 Å². The van der Waals surface area contributed by atoms with Gasteiger partial charge in [-0.3, -0.25) is 9.61 Å². The zero-order valence-corrected chi connectivity index (χ0v) is 12.5. The summed E-state index contributed by atoms with van der Waals surface area (Å²) in [5.74, 6) is 0. The maximum atomic E-state index is 12.1. The first-order chi connectivity index (χ1) is 9.87. The molecule has 1 heterocycles. The van der Waals surface area contributed by atoms with Gasteiger partial charge in [0.1, 0.15) is 0 Å². The molecule has 7 nitrogen and oxygen atoms in total. The van der Waals surface area contributed by atoms with E-state index in [1.165, 1.54) is 17.1 Å². The van der Waals surface area contributed by atoms with Gasteiger partial charge in [-0.05, 0) is 31.9 Å². The number of piperidine rings is 1. The zero-order chi connectivity index (χ0) is 15.5. The third-order valence-electron chi connectivity index (χ3n) is 3.27. The van der Waals surface area contributed by atoms with Crippen molar-refractivity contribution >= 4 is 16.2 Å². The summed E-state index contributed by atoms with van der Waals surface area (Å²) in [6.45, 7) is 2.71. The maximum Gasteiger partial charge on any atom is 0.419 e. The summed E-state index contributed by atoms with van der Waals surface area (Å²) in [5.41, 5.74) is 3.22. The summed E-state index contributed by atoms with van der Waals surface area (Å²) in [5, 5.41) is 10.1. The Bertz CT molecular complexity index is 591. The van der Waals surface area contributed by atoms with E-state index < -0.39 is 22.3 Å². The third-order valence-corrected chi connectivity index (χ3v) is 4.64. The van der Waals surface area contributed by atoms with Gasteiger partial charge in [0.2, 0.25) is 0 Å². The number of carboxylic acid groups (broad SMARTS) is 1. The van der Waals surface area contributed by atoms with E-state index in [1.807, 2.05) is 6.92 Å². The van der Waals surface area contributed by atoms with Gasteiger partial charge in [0.05, 0.1) is 11.0 Å². The molecule has 0 saturated carbocycles. The summed E-state index contributed by atoms with van der Waals surface area (Å²) < 4.78 is 29.5. The third kappa shape index (κ3) is 4.42. The van der Waals surface area contributed by atoms with Crippen LogP contribution >= 0.6 is 0 Å². The second-order valence-electron chi connectivity index (χ2n) is 4.97. The van der Waals surface area contributed by atoms with Crippen LogP contribution in [-0.4, -0.2) is 43.8 Å². The van der Waals surface area contributed by atoms with Crippen LogP contribution in [0.3, 0.4) is 0 Å². The van der Waals surface area contributed by atoms with Gasteiger partial charge in [-0.25, -0.2) is 9.80 Å². The Hall–Kier alpha value is -1.64. The molecule has 1 aromatic carbocycles. The van der Waals surface area contributed by atoms with E-state index in [4.69, 9.17) is 9.29 Å². The van der Waals surface area contributed by atoms with Crippen LogP contribution in [0.15, 0.2) is 29.2 Å². The van der Waals surface area contributed by atoms with Crippen molar-refractivity contribution in [1.29, 1.82) is 0 Å². The predicted molar refractivity (Wildman–Crippen MR) is 75.2 cm³/mol. The summed E-state index contributed by atoms with van der Waals surface area (Å²) in [6, 6.07) is 6.48. The molecule has 0 atom stereocenters. The quantitative estimate of drug-likeness (QED) is 0.814. The fourth-order valence-corrected chi connectivity index (χ4v) is 3.27. The van der Waals surface area contributed by atoms with Crippen LogP contribution in [0.5, 0.6) is 0 Å². The number of aryl methyl sites for hydroxylation is 1. The minimum atomic E-state index is -3.77. The number of rotatable bonds is 4. The van der Waals surface area contributed by atoms with E-state index in [9.17, 15) is 13.2 Å². The Morgan fingerprint density at radius 2 is 1.86 bits per heavy atom. The molecule has 1 amide bonds. The van der Waals surface area contributed by atoms with Gasteiger partial charge < -0.3 is 5.11 Å². The van der Waals surface area contributed by atoms with Gasteiger partial charge in [-0.1, -0.05) is 17.7 Å². The van der Waals surface area contributed by atoms with E-state index in [1.54, 1.807) is 12.1 Å². The Labute approximate surface area is 123 Å². The molecule has 0 radical (unpaired) electrons. The van der Waals surface area contributed by atoms with Crippen LogP contribution in [0.4, 0.5) is 4.79 Å². The van der Waals surface area contributed by atoms with Crippen molar-refractivity contribution in [2.75, 3.05) is 13.1 Å². The Morgan fingerprint density at radius 1 is 1.29 bits per heavy atom. The van der Waals surface area contributed by atoms with Crippen LogP contribution in [0.25, 0.3) is 0 Å². The molecule has 0 bridgehead atoms. The molecule has 0 spiro atoms. The number of nitrogens with one attached hydrogen (secondary N) is 1. The normalized spacial score (nSPS) is 17.6. The van der Waals surface area contributed by atoms with Crippen molar-refractivity contribution in [1.82, 2.24) is 10.4 Å². The summed E-state index contributed by atoms with van der Waals surface area (Å²) in [7, 11) is -3.77. The number of hydrogen-bond acceptors (Lipinski definition) is 5. The average Bonchev–Trinajstić information content (AvgIpc) is 2.40. The average molecular weight is 314 g/mol. The molecule has 116 valence electrons.